The number of rotatable bonds is 6. The lowest BCUT2D eigenvalue weighted by molar-refractivity contribution is -0.354. The molecule has 196 valence electrons. The van der Waals surface area contributed by atoms with Gasteiger partial charge in [0.1, 0.15) is 18.3 Å². The van der Waals surface area contributed by atoms with Crippen molar-refractivity contribution in [3.05, 3.63) is 66.2 Å². The predicted octanol–water partition coefficient (Wildman–Crippen LogP) is 5.48. The summed E-state index contributed by atoms with van der Waals surface area (Å²) in [5, 5.41) is 2.69. The van der Waals surface area contributed by atoms with Gasteiger partial charge in [-0.05, 0) is 30.3 Å². The summed E-state index contributed by atoms with van der Waals surface area (Å²) in [6, 6.07) is 18.9. The molecular weight excluding hydrogens is 478 g/mol. The minimum atomic E-state index is -2.32. The third-order valence-corrected chi connectivity index (χ3v) is 11.6. The number of amides is 1. The second-order valence-electron chi connectivity index (χ2n) is 10.7. The first-order chi connectivity index (χ1) is 17.1. The summed E-state index contributed by atoms with van der Waals surface area (Å²) in [4.78, 5) is 12.9. The van der Waals surface area contributed by atoms with Gasteiger partial charge < -0.3 is 28.1 Å². The fraction of sp³-hybridized carbons (Fsp3) is 0.519. The predicted molar refractivity (Wildman–Crippen MR) is 138 cm³/mol. The maximum absolute atomic E-state index is 12.9. The van der Waals surface area contributed by atoms with Crippen molar-refractivity contribution >= 4 is 20.1 Å². The molecule has 2 heterocycles. The summed E-state index contributed by atoms with van der Waals surface area (Å²) in [6.45, 7) is 11.1. The molecule has 2 aromatic rings. The number of anilines is 1. The van der Waals surface area contributed by atoms with E-state index in [1.54, 1.807) is 12.1 Å². The number of fused-ring (bicyclic) bond motifs is 1. The highest BCUT2D eigenvalue weighted by Gasteiger charge is 2.55. The highest BCUT2D eigenvalue weighted by atomic mass is 28.4. The standard InChI is InChI=1S/C27H37NO7Si/c1-27(2,3)36(5,6)35-22-21-20(17-31-24(33-21)18-13-9-7-10-14-18)32-25(30-4)23(22)34-26(29)28-19-15-11-8-12-16-19/h7-16,20-25H,17H2,1-6H3,(H,28,29)/t20-,21-,22+,23-,24?,25+/m1/s1. The zero-order valence-corrected chi connectivity index (χ0v) is 22.8. The Balaban J connectivity index is 1.63. The van der Waals surface area contributed by atoms with Gasteiger partial charge in [0.2, 0.25) is 0 Å². The minimum Gasteiger partial charge on any atom is -0.438 e. The number of ether oxygens (including phenoxy) is 5. The van der Waals surface area contributed by atoms with Gasteiger partial charge in [-0.25, -0.2) is 4.79 Å². The molecule has 2 fully saturated rings. The van der Waals surface area contributed by atoms with Gasteiger partial charge in [0.25, 0.3) is 0 Å². The lowest BCUT2D eigenvalue weighted by atomic mass is 9.97. The molecule has 6 atom stereocenters. The summed E-state index contributed by atoms with van der Waals surface area (Å²) >= 11 is 0. The Morgan fingerprint density at radius 1 is 0.972 bits per heavy atom. The molecule has 1 unspecified atom stereocenters. The summed E-state index contributed by atoms with van der Waals surface area (Å²) in [7, 11) is -0.798. The fourth-order valence-electron chi connectivity index (χ4n) is 4.08. The number of hydrogen-bond acceptors (Lipinski definition) is 7. The number of nitrogens with one attached hydrogen (secondary N) is 1. The van der Waals surface area contributed by atoms with E-state index in [2.05, 4.69) is 39.2 Å². The van der Waals surface area contributed by atoms with Crippen LogP contribution in [-0.2, 0) is 28.1 Å². The normalized spacial score (nSPS) is 28.7. The Morgan fingerprint density at radius 2 is 1.61 bits per heavy atom. The molecule has 2 aliphatic rings. The molecular formula is C27H37NO7Si. The molecule has 36 heavy (non-hydrogen) atoms. The van der Waals surface area contributed by atoms with Crippen LogP contribution in [0.4, 0.5) is 10.5 Å². The third kappa shape index (κ3) is 5.99. The molecule has 0 aliphatic carbocycles. The Labute approximate surface area is 214 Å². The molecule has 0 saturated carbocycles. The van der Waals surface area contributed by atoms with Gasteiger partial charge in [-0.3, -0.25) is 5.32 Å². The molecule has 2 aliphatic heterocycles. The van der Waals surface area contributed by atoms with E-state index in [-0.39, 0.29) is 5.04 Å². The summed E-state index contributed by atoms with van der Waals surface area (Å²) in [6.07, 6.45) is -4.50. The van der Waals surface area contributed by atoms with Crippen molar-refractivity contribution in [3.8, 4) is 0 Å². The third-order valence-electron chi connectivity index (χ3n) is 7.09. The van der Waals surface area contributed by atoms with Crippen molar-refractivity contribution in [1.82, 2.24) is 0 Å². The van der Waals surface area contributed by atoms with Gasteiger partial charge in [-0.15, -0.1) is 0 Å². The lowest BCUT2D eigenvalue weighted by Crippen LogP contribution is -2.66. The van der Waals surface area contributed by atoms with Crippen LogP contribution in [0.15, 0.2) is 60.7 Å². The van der Waals surface area contributed by atoms with Gasteiger partial charge in [-0.1, -0.05) is 69.3 Å². The van der Waals surface area contributed by atoms with Crippen LogP contribution in [0.2, 0.25) is 18.1 Å². The quantitative estimate of drug-likeness (QED) is 0.510. The maximum Gasteiger partial charge on any atom is 0.412 e. The van der Waals surface area contributed by atoms with E-state index in [1.807, 2.05) is 48.5 Å². The van der Waals surface area contributed by atoms with E-state index in [1.165, 1.54) is 7.11 Å². The molecule has 8 nitrogen and oxygen atoms in total. The summed E-state index contributed by atoms with van der Waals surface area (Å²) < 4.78 is 37.1. The van der Waals surface area contributed by atoms with Crippen molar-refractivity contribution in [3.63, 3.8) is 0 Å². The lowest BCUT2D eigenvalue weighted by Gasteiger charge is -2.51. The van der Waals surface area contributed by atoms with E-state index >= 15 is 0 Å². The van der Waals surface area contributed by atoms with Crippen molar-refractivity contribution in [2.75, 3.05) is 19.0 Å². The largest absolute Gasteiger partial charge is 0.438 e. The Bertz CT molecular complexity index is 998. The highest BCUT2D eigenvalue weighted by molar-refractivity contribution is 6.74. The topological polar surface area (TPSA) is 84.5 Å². The monoisotopic (exact) mass is 515 g/mol. The van der Waals surface area contributed by atoms with E-state index in [4.69, 9.17) is 28.1 Å². The van der Waals surface area contributed by atoms with Crippen molar-refractivity contribution < 1.29 is 32.9 Å². The van der Waals surface area contributed by atoms with E-state index in [0.717, 1.165) is 5.56 Å². The number of benzene rings is 2. The SMILES string of the molecule is CO[C@H]1O[C@@H]2COC(c3ccccc3)O[C@H]2[C@H](O[Si](C)(C)C(C)(C)C)[C@H]1OC(=O)Nc1ccccc1. The minimum absolute atomic E-state index is 0.0792. The van der Waals surface area contributed by atoms with Crippen molar-refractivity contribution in [1.29, 1.82) is 0 Å². The fourth-order valence-corrected chi connectivity index (χ4v) is 5.39. The van der Waals surface area contributed by atoms with Crippen molar-refractivity contribution in [2.24, 2.45) is 0 Å². The molecule has 2 saturated heterocycles. The molecule has 0 spiro atoms. The zero-order valence-electron chi connectivity index (χ0n) is 21.8. The van der Waals surface area contributed by atoms with Crippen molar-refractivity contribution in [2.45, 2.75) is 75.9 Å². The molecule has 9 heteroatoms. The number of para-hydroxylation sites is 1. The van der Waals surface area contributed by atoms with Crippen LogP contribution in [0.5, 0.6) is 0 Å². The number of carbonyl (C=O) groups is 1. The van der Waals surface area contributed by atoms with Crippen LogP contribution in [0, 0.1) is 0 Å². The van der Waals surface area contributed by atoms with E-state index < -0.39 is 51.4 Å². The van der Waals surface area contributed by atoms with Crippen LogP contribution >= 0.6 is 0 Å². The maximum atomic E-state index is 12.9. The first kappa shape index (κ1) is 26.8. The van der Waals surface area contributed by atoms with Gasteiger partial charge in [-0.2, -0.15) is 0 Å². The molecule has 4 rings (SSSR count). The summed E-state index contributed by atoms with van der Waals surface area (Å²) in [5.41, 5.74) is 1.52. The Hall–Kier alpha value is -2.27. The molecule has 0 radical (unpaired) electrons. The molecule has 0 bridgehead atoms. The van der Waals surface area contributed by atoms with Gasteiger partial charge >= 0.3 is 6.09 Å². The number of hydrogen-bond donors (Lipinski definition) is 1. The smallest absolute Gasteiger partial charge is 0.412 e. The molecule has 2 aromatic carbocycles. The Kier molecular flexibility index (Phi) is 8.18. The molecule has 1 amide bonds. The Morgan fingerprint density at radius 3 is 2.22 bits per heavy atom. The zero-order chi connectivity index (χ0) is 25.9. The van der Waals surface area contributed by atoms with E-state index in [0.29, 0.717) is 12.3 Å². The highest BCUT2D eigenvalue weighted by Crippen LogP contribution is 2.42. The van der Waals surface area contributed by atoms with E-state index in [9.17, 15) is 4.79 Å². The molecule has 0 aromatic heterocycles. The second-order valence-corrected chi connectivity index (χ2v) is 15.4. The van der Waals surface area contributed by atoms with Gasteiger partial charge in [0.15, 0.2) is 27.0 Å². The van der Waals surface area contributed by atoms with Gasteiger partial charge in [0, 0.05) is 18.4 Å². The first-order valence-corrected chi connectivity index (χ1v) is 15.2. The average molecular weight is 516 g/mol. The van der Waals surface area contributed by atoms with Crippen LogP contribution in [0.25, 0.3) is 0 Å². The number of carbonyl (C=O) groups excluding carboxylic acids is 1. The number of methoxy groups -OCH3 is 1. The van der Waals surface area contributed by atoms with Crippen LogP contribution in [-0.4, -0.2) is 58.8 Å². The average Bonchev–Trinajstić information content (AvgIpc) is 2.85. The first-order valence-electron chi connectivity index (χ1n) is 12.3. The second kappa shape index (κ2) is 11.0. The molecule has 1 N–H and O–H groups in total. The van der Waals surface area contributed by atoms with Crippen LogP contribution < -0.4 is 5.32 Å². The summed E-state index contributed by atoms with van der Waals surface area (Å²) in [5.74, 6) is 0. The van der Waals surface area contributed by atoms with Crippen LogP contribution in [0.3, 0.4) is 0 Å². The van der Waals surface area contributed by atoms with Crippen LogP contribution in [0.1, 0.15) is 32.6 Å². The van der Waals surface area contributed by atoms with Gasteiger partial charge in [0.05, 0.1) is 6.61 Å².